The van der Waals surface area contributed by atoms with Gasteiger partial charge in [-0.1, -0.05) is 0 Å². The maximum atomic E-state index is 11.9. The van der Waals surface area contributed by atoms with E-state index in [1.807, 2.05) is 0 Å². The summed E-state index contributed by atoms with van der Waals surface area (Å²) in [6, 6.07) is 7.62. The lowest BCUT2D eigenvalue weighted by atomic mass is 10.1. The van der Waals surface area contributed by atoms with Crippen molar-refractivity contribution in [1.29, 1.82) is 0 Å². The minimum atomic E-state index is -0.542. The van der Waals surface area contributed by atoms with Gasteiger partial charge in [-0.3, -0.25) is 10.1 Å². The number of benzene rings is 1. The molecule has 116 valence electrons. The van der Waals surface area contributed by atoms with Gasteiger partial charge in [-0.15, -0.1) is 0 Å². The Balaban J connectivity index is 2.41. The molecule has 0 unspecified atom stereocenters. The van der Waals surface area contributed by atoms with Crippen LogP contribution in [-0.4, -0.2) is 31.6 Å². The summed E-state index contributed by atoms with van der Waals surface area (Å²) in [6.45, 7) is 1.96. The normalized spacial score (nSPS) is 10.3. The highest BCUT2D eigenvalue weighted by Crippen LogP contribution is 2.32. The molecule has 0 bridgehead atoms. The van der Waals surface area contributed by atoms with E-state index < -0.39 is 10.9 Å². The fourth-order valence-electron chi connectivity index (χ4n) is 1.95. The number of nitrogens with zero attached hydrogens (tertiary/aromatic N) is 2. The van der Waals surface area contributed by atoms with Crippen molar-refractivity contribution in [2.24, 2.45) is 0 Å². The fourth-order valence-corrected chi connectivity index (χ4v) is 1.95. The quantitative estimate of drug-likeness (QED) is 0.479. The van der Waals surface area contributed by atoms with Gasteiger partial charge in [0, 0.05) is 37.9 Å². The smallest absolute Gasteiger partial charge is 0.376 e. The van der Waals surface area contributed by atoms with Gasteiger partial charge in [0.1, 0.15) is 5.76 Å². The molecule has 0 amide bonds. The zero-order valence-corrected chi connectivity index (χ0v) is 12.5. The van der Waals surface area contributed by atoms with E-state index in [1.54, 1.807) is 44.1 Å². The third kappa shape index (κ3) is 3.08. The van der Waals surface area contributed by atoms with Crippen molar-refractivity contribution >= 4 is 17.3 Å². The molecule has 0 atom stereocenters. The lowest BCUT2D eigenvalue weighted by molar-refractivity contribution is -0.384. The second-order valence-electron chi connectivity index (χ2n) is 4.74. The Labute approximate surface area is 127 Å². The molecule has 7 nitrogen and oxygen atoms in total. The largest absolute Gasteiger partial charge is 0.460 e. The first-order valence-corrected chi connectivity index (χ1v) is 6.67. The summed E-state index contributed by atoms with van der Waals surface area (Å²) >= 11 is 0. The van der Waals surface area contributed by atoms with Crippen molar-refractivity contribution in [2.45, 2.75) is 6.92 Å². The van der Waals surface area contributed by atoms with Crippen LogP contribution >= 0.6 is 0 Å². The number of esters is 1. The molecule has 0 spiro atoms. The van der Waals surface area contributed by atoms with Crippen molar-refractivity contribution < 1.29 is 18.9 Å². The van der Waals surface area contributed by atoms with Gasteiger partial charge >= 0.3 is 5.97 Å². The van der Waals surface area contributed by atoms with E-state index in [1.165, 1.54) is 12.1 Å². The van der Waals surface area contributed by atoms with Crippen LogP contribution in [0.4, 0.5) is 11.4 Å². The molecule has 22 heavy (non-hydrogen) atoms. The molecule has 0 saturated heterocycles. The van der Waals surface area contributed by atoms with Gasteiger partial charge in [-0.05, 0) is 19.1 Å². The highest BCUT2D eigenvalue weighted by Gasteiger charge is 2.22. The third-order valence-corrected chi connectivity index (χ3v) is 3.02. The van der Waals surface area contributed by atoms with Gasteiger partial charge in [0.2, 0.25) is 5.76 Å². The third-order valence-electron chi connectivity index (χ3n) is 3.02. The standard InChI is InChI=1S/C15H16N2O5/c1-4-21-15(18)14-12(16(2)3)9-13(22-14)10-5-7-11(8-6-10)17(19)20/h5-9H,4H2,1-3H3. The molecule has 1 heterocycles. The molecule has 1 aromatic carbocycles. The van der Waals surface area contributed by atoms with Crippen LogP contribution in [0, 0.1) is 10.1 Å². The molecule has 0 N–H and O–H groups in total. The summed E-state index contributed by atoms with van der Waals surface area (Å²) in [5, 5.41) is 10.7. The monoisotopic (exact) mass is 304 g/mol. The second kappa shape index (κ2) is 6.30. The lowest BCUT2D eigenvalue weighted by Gasteiger charge is -2.10. The van der Waals surface area contributed by atoms with Crippen molar-refractivity contribution in [2.75, 3.05) is 25.6 Å². The van der Waals surface area contributed by atoms with E-state index in [0.29, 0.717) is 17.0 Å². The topological polar surface area (TPSA) is 85.8 Å². The number of hydrogen-bond donors (Lipinski definition) is 0. The first kappa shape index (κ1) is 15.6. The number of rotatable bonds is 5. The SMILES string of the molecule is CCOC(=O)c1oc(-c2ccc([N+](=O)[O-])cc2)cc1N(C)C. The van der Waals surface area contributed by atoms with Crippen LogP contribution in [0.5, 0.6) is 0 Å². The number of ether oxygens (including phenoxy) is 1. The molecule has 0 aliphatic rings. The van der Waals surface area contributed by atoms with E-state index in [4.69, 9.17) is 9.15 Å². The van der Waals surface area contributed by atoms with Crippen LogP contribution in [0.1, 0.15) is 17.5 Å². The fraction of sp³-hybridized carbons (Fsp3) is 0.267. The minimum absolute atomic E-state index is 0.00578. The summed E-state index contributed by atoms with van der Waals surface area (Å²) in [4.78, 5) is 23.9. The Morgan fingerprint density at radius 2 is 1.95 bits per heavy atom. The summed E-state index contributed by atoms with van der Waals surface area (Å²) in [7, 11) is 3.57. The molecular weight excluding hydrogens is 288 g/mol. The van der Waals surface area contributed by atoms with Crippen molar-refractivity contribution in [1.82, 2.24) is 0 Å². The molecule has 2 rings (SSSR count). The predicted octanol–water partition coefficient (Wildman–Crippen LogP) is 3.10. The van der Waals surface area contributed by atoms with Gasteiger partial charge in [0.05, 0.1) is 17.2 Å². The van der Waals surface area contributed by atoms with Gasteiger partial charge in [-0.2, -0.15) is 0 Å². The average molecular weight is 304 g/mol. The number of nitro groups is 1. The Morgan fingerprint density at radius 1 is 1.32 bits per heavy atom. The van der Waals surface area contributed by atoms with Gasteiger partial charge in [0.25, 0.3) is 5.69 Å². The predicted molar refractivity (Wildman–Crippen MR) is 81.1 cm³/mol. The summed E-state index contributed by atoms with van der Waals surface area (Å²) in [6.07, 6.45) is 0. The first-order valence-electron chi connectivity index (χ1n) is 6.67. The van der Waals surface area contributed by atoms with E-state index in [0.717, 1.165) is 0 Å². The number of carbonyl (C=O) groups is 1. The molecular formula is C15H16N2O5. The number of nitro benzene ring substituents is 1. The molecule has 0 aliphatic heterocycles. The van der Waals surface area contributed by atoms with Crippen LogP contribution in [0.15, 0.2) is 34.7 Å². The highest BCUT2D eigenvalue weighted by molar-refractivity contribution is 5.94. The van der Waals surface area contributed by atoms with E-state index >= 15 is 0 Å². The van der Waals surface area contributed by atoms with E-state index in [9.17, 15) is 14.9 Å². The molecule has 7 heteroatoms. The van der Waals surface area contributed by atoms with Gasteiger partial charge in [0.15, 0.2) is 0 Å². The van der Waals surface area contributed by atoms with Crippen molar-refractivity contribution in [3.05, 3.63) is 46.2 Å². The summed E-state index contributed by atoms with van der Waals surface area (Å²) in [5.74, 6) is 0.0150. The van der Waals surface area contributed by atoms with Crippen LogP contribution in [0.2, 0.25) is 0 Å². The Bertz CT molecular complexity index is 688. The number of carbonyl (C=O) groups excluding carboxylic acids is 1. The molecule has 1 aromatic heterocycles. The summed E-state index contributed by atoms with van der Waals surface area (Å²) < 4.78 is 10.6. The van der Waals surface area contributed by atoms with Crippen LogP contribution in [0.25, 0.3) is 11.3 Å². The minimum Gasteiger partial charge on any atom is -0.460 e. The molecule has 2 aromatic rings. The van der Waals surface area contributed by atoms with Crippen LogP contribution in [-0.2, 0) is 4.74 Å². The molecule has 0 aliphatic carbocycles. The Hall–Kier alpha value is -2.83. The van der Waals surface area contributed by atoms with Gasteiger partial charge in [-0.25, -0.2) is 4.79 Å². The Morgan fingerprint density at radius 3 is 2.45 bits per heavy atom. The molecule has 0 saturated carbocycles. The van der Waals surface area contributed by atoms with Gasteiger partial charge < -0.3 is 14.1 Å². The van der Waals surface area contributed by atoms with Crippen LogP contribution in [0.3, 0.4) is 0 Å². The average Bonchev–Trinajstić information content (AvgIpc) is 2.93. The molecule has 0 radical (unpaired) electrons. The lowest BCUT2D eigenvalue weighted by Crippen LogP contribution is -2.13. The van der Waals surface area contributed by atoms with Crippen LogP contribution < -0.4 is 4.90 Å². The zero-order chi connectivity index (χ0) is 16.3. The number of non-ortho nitro benzene ring substituents is 1. The van der Waals surface area contributed by atoms with Crippen molar-refractivity contribution in [3.8, 4) is 11.3 Å². The maximum Gasteiger partial charge on any atom is 0.376 e. The summed E-state index contributed by atoms with van der Waals surface area (Å²) in [5.41, 5.74) is 1.23. The van der Waals surface area contributed by atoms with E-state index in [2.05, 4.69) is 0 Å². The van der Waals surface area contributed by atoms with E-state index in [-0.39, 0.29) is 18.1 Å². The number of furan rings is 1. The second-order valence-corrected chi connectivity index (χ2v) is 4.74. The Kier molecular flexibility index (Phi) is 4.45. The number of hydrogen-bond acceptors (Lipinski definition) is 6. The number of anilines is 1. The first-order chi connectivity index (χ1) is 10.4. The zero-order valence-electron chi connectivity index (χ0n) is 12.5. The highest BCUT2D eigenvalue weighted by atomic mass is 16.6. The molecule has 0 fully saturated rings. The maximum absolute atomic E-state index is 11.9. The van der Waals surface area contributed by atoms with Crippen molar-refractivity contribution in [3.63, 3.8) is 0 Å².